The van der Waals surface area contributed by atoms with Crippen LogP contribution in [-0.4, -0.2) is 67.5 Å². The number of halogens is 1. The molecule has 1 aliphatic rings. The van der Waals surface area contributed by atoms with Gasteiger partial charge in [0.2, 0.25) is 15.9 Å². The van der Waals surface area contributed by atoms with E-state index >= 15 is 0 Å². The first-order valence-electron chi connectivity index (χ1n) is 8.94. The molecule has 1 aromatic carbocycles. The van der Waals surface area contributed by atoms with Crippen molar-refractivity contribution in [3.8, 4) is 5.75 Å². The van der Waals surface area contributed by atoms with E-state index in [1.54, 1.807) is 37.9 Å². The van der Waals surface area contributed by atoms with E-state index in [1.165, 1.54) is 10.4 Å². The summed E-state index contributed by atoms with van der Waals surface area (Å²) in [6, 6.07) is 4.21. The first kappa shape index (κ1) is 22.1. The van der Waals surface area contributed by atoms with Crippen LogP contribution in [0.15, 0.2) is 27.6 Å². The van der Waals surface area contributed by atoms with E-state index in [0.29, 0.717) is 17.4 Å². The maximum atomic E-state index is 13.2. The average molecular weight is 463 g/mol. The topological polar surface area (TPSA) is 87.2 Å². The Balaban J connectivity index is 2.51. The first-order valence-corrected chi connectivity index (χ1v) is 11.2. The summed E-state index contributed by atoms with van der Waals surface area (Å²) in [6.45, 7) is 5.62. The normalized spacial score (nSPS) is 23.5. The van der Waals surface area contributed by atoms with Crippen molar-refractivity contribution >= 4 is 31.9 Å². The molecule has 0 bridgehead atoms. The highest BCUT2D eigenvalue weighted by atomic mass is 79.9. The van der Waals surface area contributed by atoms with Crippen LogP contribution < -0.4 is 4.74 Å². The molecule has 0 aromatic heterocycles. The van der Waals surface area contributed by atoms with Crippen LogP contribution in [0.4, 0.5) is 0 Å². The average Bonchev–Trinajstić information content (AvgIpc) is 2.62. The van der Waals surface area contributed by atoms with Gasteiger partial charge in [0, 0.05) is 36.4 Å². The number of carbonyl (C=O) groups excluding carboxylic acids is 1. The number of rotatable bonds is 5. The van der Waals surface area contributed by atoms with Gasteiger partial charge in [0.05, 0.1) is 13.2 Å². The number of fused-ring (bicyclic) bond motifs is 1. The molecule has 152 valence electrons. The van der Waals surface area contributed by atoms with Crippen molar-refractivity contribution in [1.82, 2.24) is 9.21 Å². The summed E-state index contributed by atoms with van der Waals surface area (Å²) in [4.78, 5) is 13.7. The molecule has 1 aliphatic heterocycles. The number of aliphatic hydroxyl groups excluding tert-OH is 1. The van der Waals surface area contributed by atoms with Gasteiger partial charge in [-0.25, -0.2) is 8.42 Å². The molecule has 0 saturated carbocycles. The molecule has 27 heavy (non-hydrogen) atoms. The van der Waals surface area contributed by atoms with Crippen molar-refractivity contribution in [3.05, 3.63) is 22.7 Å². The van der Waals surface area contributed by atoms with Crippen LogP contribution in [0.3, 0.4) is 0 Å². The highest BCUT2D eigenvalue weighted by Crippen LogP contribution is 2.35. The molecular weight excluding hydrogens is 436 g/mol. The second kappa shape index (κ2) is 8.89. The van der Waals surface area contributed by atoms with Gasteiger partial charge in [0.15, 0.2) is 0 Å². The third kappa shape index (κ3) is 4.82. The van der Waals surface area contributed by atoms with Crippen molar-refractivity contribution < 1.29 is 23.1 Å². The number of aliphatic hydroxyl groups is 1. The van der Waals surface area contributed by atoms with Gasteiger partial charge in [-0.15, -0.1) is 0 Å². The molecule has 0 fully saturated rings. The van der Waals surface area contributed by atoms with Crippen LogP contribution >= 0.6 is 15.9 Å². The fraction of sp³-hybridized carbons (Fsp3) is 0.611. The van der Waals surface area contributed by atoms with Gasteiger partial charge in [0.25, 0.3) is 0 Å². The number of ether oxygens (including phenoxy) is 1. The smallest absolute Gasteiger partial charge is 0.247 e. The number of hydrogen-bond acceptors (Lipinski definition) is 5. The monoisotopic (exact) mass is 462 g/mol. The Labute approximate surface area is 169 Å². The van der Waals surface area contributed by atoms with Gasteiger partial charge in [0.1, 0.15) is 16.7 Å². The number of carbonyl (C=O) groups is 1. The summed E-state index contributed by atoms with van der Waals surface area (Å²) in [5, 5.41) is 9.58. The van der Waals surface area contributed by atoms with Crippen LogP contribution in [-0.2, 0) is 14.8 Å². The summed E-state index contributed by atoms with van der Waals surface area (Å²) >= 11 is 3.36. The van der Waals surface area contributed by atoms with Crippen molar-refractivity contribution in [1.29, 1.82) is 0 Å². The Morgan fingerprint density at radius 1 is 1.48 bits per heavy atom. The summed E-state index contributed by atoms with van der Waals surface area (Å²) in [5.74, 6) is 0.0527. The maximum Gasteiger partial charge on any atom is 0.247 e. The second-order valence-corrected chi connectivity index (χ2v) is 9.73. The van der Waals surface area contributed by atoms with Crippen molar-refractivity contribution in [2.75, 3.05) is 26.7 Å². The Morgan fingerprint density at radius 2 is 2.15 bits per heavy atom. The Morgan fingerprint density at radius 3 is 2.74 bits per heavy atom. The van der Waals surface area contributed by atoms with E-state index in [4.69, 9.17) is 4.74 Å². The Hall–Kier alpha value is -1.16. The molecule has 0 radical (unpaired) electrons. The fourth-order valence-electron chi connectivity index (χ4n) is 3.06. The summed E-state index contributed by atoms with van der Waals surface area (Å²) < 4.78 is 34.5. The molecule has 1 heterocycles. The first-order chi connectivity index (χ1) is 12.6. The van der Waals surface area contributed by atoms with Crippen LogP contribution in [0, 0.1) is 5.92 Å². The van der Waals surface area contributed by atoms with E-state index in [9.17, 15) is 18.3 Å². The molecule has 1 amide bonds. The lowest BCUT2D eigenvalue weighted by Crippen LogP contribution is -2.50. The molecule has 2 rings (SSSR count). The van der Waals surface area contributed by atoms with Gasteiger partial charge in [-0.2, -0.15) is 4.31 Å². The lowest BCUT2D eigenvalue weighted by molar-refractivity contribution is -0.131. The molecule has 0 aliphatic carbocycles. The zero-order valence-electron chi connectivity index (χ0n) is 16.1. The number of benzene rings is 1. The van der Waals surface area contributed by atoms with Gasteiger partial charge < -0.3 is 14.7 Å². The zero-order chi connectivity index (χ0) is 20.4. The van der Waals surface area contributed by atoms with Gasteiger partial charge in [-0.3, -0.25) is 4.79 Å². The molecule has 9 heteroatoms. The van der Waals surface area contributed by atoms with E-state index in [2.05, 4.69) is 15.9 Å². The number of nitrogens with zero attached hydrogens (tertiary/aromatic N) is 2. The number of likely N-dealkylation sites (N-methyl/N-ethyl adjacent to an activating group) is 1. The van der Waals surface area contributed by atoms with Crippen LogP contribution in [0.5, 0.6) is 5.75 Å². The minimum absolute atomic E-state index is 0.00414. The standard InChI is InChI=1S/C18H27BrN2O5S/c1-5-18(23)20(4)10-16-12(2)9-21(13(3)11-22)27(24,25)17-7-6-14(19)8-15(17)26-16/h6-8,12-13,16,22H,5,9-11H2,1-4H3/t12-,13-,16+/m1/s1. The molecule has 1 N–H and O–H groups in total. The molecule has 0 unspecified atom stereocenters. The van der Waals surface area contributed by atoms with E-state index in [-0.39, 0.29) is 41.7 Å². The highest BCUT2D eigenvalue weighted by Gasteiger charge is 2.38. The second-order valence-electron chi connectivity index (χ2n) is 6.96. The van der Waals surface area contributed by atoms with Gasteiger partial charge in [-0.1, -0.05) is 29.8 Å². The maximum absolute atomic E-state index is 13.2. The van der Waals surface area contributed by atoms with Crippen LogP contribution in [0.1, 0.15) is 27.2 Å². The van der Waals surface area contributed by atoms with Crippen molar-refractivity contribution in [3.63, 3.8) is 0 Å². The predicted molar refractivity (Wildman–Crippen MR) is 106 cm³/mol. The molecule has 0 spiro atoms. The van der Waals surface area contributed by atoms with Crippen molar-refractivity contribution in [2.45, 2.75) is 44.2 Å². The molecule has 7 nitrogen and oxygen atoms in total. The lowest BCUT2D eigenvalue weighted by Gasteiger charge is -2.37. The third-order valence-corrected chi connectivity index (χ3v) is 7.32. The van der Waals surface area contributed by atoms with Crippen molar-refractivity contribution in [2.24, 2.45) is 5.92 Å². The molecule has 3 atom stereocenters. The molecular formula is C18H27BrN2O5S. The molecule has 1 aromatic rings. The minimum atomic E-state index is -3.83. The fourth-order valence-corrected chi connectivity index (χ4v) is 5.22. The van der Waals surface area contributed by atoms with E-state index in [0.717, 1.165) is 0 Å². The highest BCUT2D eigenvalue weighted by molar-refractivity contribution is 9.10. The zero-order valence-corrected chi connectivity index (χ0v) is 18.5. The number of sulfonamides is 1. The Kier molecular flexibility index (Phi) is 7.29. The largest absolute Gasteiger partial charge is 0.487 e. The quantitative estimate of drug-likeness (QED) is 0.723. The van der Waals surface area contributed by atoms with E-state index < -0.39 is 16.1 Å². The minimum Gasteiger partial charge on any atom is -0.487 e. The number of amides is 1. The SMILES string of the molecule is CCC(=O)N(C)C[C@@H]1Oc2cc(Br)ccc2S(=O)(=O)N([C@H](C)CO)C[C@H]1C. The molecule has 0 saturated heterocycles. The van der Waals surface area contributed by atoms with Gasteiger partial charge >= 0.3 is 0 Å². The van der Waals surface area contributed by atoms with Crippen LogP contribution in [0.2, 0.25) is 0 Å². The lowest BCUT2D eigenvalue weighted by atomic mass is 10.0. The Bertz CT molecular complexity index is 786. The van der Waals surface area contributed by atoms with Gasteiger partial charge in [-0.05, 0) is 25.1 Å². The number of hydrogen-bond donors (Lipinski definition) is 1. The van der Waals surface area contributed by atoms with Crippen LogP contribution in [0.25, 0.3) is 0 Å². The summed E-state index contributed by atoms with van der Waals surface area (Å²) in [5.41, 5.74) is 0. The van der Waals surface area contributed by atoms with E-state index in [1.807, 2.05) is 6.92 Å². The predicted octanol–water partition coefficient (Wildman–Crippen LogP) is 2.09. The summed E-state index contributed by atoms with van der Waals surface area (Å²) in [6.07, 6.45) is 0.00403. The summed E-state index contributed by atoms with van der Waals surface area (Å²) in [7, 11) is -2.11. The third-order valence-electron chi connectivity index (χ3n) is 4.81.